The van der Waals surface area contributed by atoms with Crippen molar-refractivity contribution in [2.24, 2.45) is 5.73 Å². The SMILES string of the molecule is COc1ccc(C(O)C(N)CC(=O)O)cc1C. The first-order chi connectivity index (χ1) is 7.95. The summed E-state index contributed by atoms with van der Waals surface area (Å²) in [4.78, 5) is 10.5. The number of carboxylic acid groups (broad SMARTS) is 1. The van der Waals surface area contributed by atoms with Gasteiger partial charge in [-0.05, 0) is 30.2 Å². The molecule has 17 heavy (non-hydrogen) atoms. The number of hydrogen-bond donors (Lipinski definition) is 3. The molecule has 0 aliphatic carbocycles. The normalized spacial score (nSPS) is 14.1. The number of aliphatic carboxylic acids is 1. The lowest BCUT2D eigenvalue weighted by Gasteiger charge is -2.18. The highest BCUT2D eigenvalue weighted by Crippen LogP contribution is 2.24. The molecule has 5 nitrogen and oxygen atoms in total. The molecule has 94 valence electrons. The summed E-state index contributed by atoms with van der Waals surface area (Å²) in [6, 6.07) is 4.32. The fraction of sp³-hybridized carbons (Fsp3) is 0.417. The Kier molecular flexibility index (Phi) is 4.48. The number of nitrogens with two attached hydrogens (primary N) is 1. The third kappa shape index (κ3) is 3.44. The van der Waals surface area contributed by atoms with E-state index in [0.717, 1.165) is 5.56 Å². The minimum Gasteiger partial charge on any atom is -0.496 e. The van der Waals surface area contributed by atoms with Crippen molar-refractivity contribution in [1.29, 1.82) is 0 Å². The van der Waals surface area contributed by atoms with Crippen LogP contribution in [0, 0.1) is 6.92 Å². The molecule has 0 saturated carbocycles. The summed E-state index contributed by atoms with van der Waals surface area (Å²) in [6.45, 7) is 1.85. The van der Waals surface area contributed by atoms with Crippen LogP contribution in [0.15, 0.2) is 18.2 Å². The first-order valence-electron chi connectivity index (χ1n) is 5.25. The largest absolute Gasteiger partial charge is 0.496 e. The van der Waals surface area contributed by atoms with E-state index in [0.29, 0.717) is 11.3 Å². The third-order valence-electron chi connectivity index (χ3n) is 2.58. The van der Waals surface area contributed by atoms with Crippen molar-refractivity contribution < 1.29 is 19.7 Å². The first-order valence-corrected chi connectivity index (χ1v) is 5.25. The molecular weight excluding hydrogens is 222 g/mol. The highest BCUT2D eigenvalue weighted by molar-refractivity contribution is 5.67. The van der Waals surface area contributed by atoms with Crippen LogP contribution >= 0.6 is 0 Å². The van der Waals surface area contributed by atoms with Gasteiger partial charge in [0.15, 0.2) is 0 Å². The van der Waals surface area contributed by atoms with Crippen molar-refractivity contribution in [2.45, 2.75) is 25.5 Å². The van der Waals surface area contributed by atoms with E-state index in [1.165, 1.54) is 0 Å². The van der Waals surface area contributed by atoms with E-state index in [9.17, 15) is 9.90 Å². The maximum atomic E-state index is 10.5. The summed E-state index contributed by atoms with van der Waals surface area (Å²) in [7, 11) is 1.56. The van der Waals surface area contributed by atoms with Gasteiger partial charge < -0.3 is 20.7 Å². The van der Waals surface area contributed by atoms with Gasteiger partial charge in [0.25, 0.3) is 0 Å². The molecule has 0 amide bonds. The number of benzene rings is 1. The number of carbonyl (C=O) groups is 1. The second-order valence-corrected chi connectivity index (χ2v) is 3.94. The van der Waals surface area contributed by atoms with Crippen LogP contribution in [0.2, 0.25) is 0 Å². The van der Waals surface area contributed by atoms with Crippen molar-refractivity contribution >= 4 is 5.97 Å². The maximum Gasteiger partial charge on any atom is 0.305 e. The summed E-state index contributed by atoms with van der Waals surface area (Å²) in [6.07, 6.45) is -1.26. The number of rotatable bonds is 5. The monoisotopic (exact) mass is 239 g/mol. The van der Waals surface area contributed by atoms with Crippen molar-refractivity contribution in [3.05, 3.63) is 29.3 Å². The van der Waals surface area contributed by atoms with Crippen LogP contribution in [0.3, 0.4) is 0 Å². The lowest BCUT2D eigenvalue weighted by atomic mass is 9.99. The Balaban J connectivity index is 2.85. The van der Waals surface area contributed by atoms with Gasteiger partial charge in [-0.1, -0.05) is 6.07 Å². The number of aliphatic hydroxyl groups is 1. The fourth-order valence-electron chi connectivity index (χ4n) is 1.65. The Morgan fingerprint density at radius 3 is 2.65 bits per heavy atom. The van der Waals surface area contributed by atoms with Crippen LogP contribution in [0.1, 0.15) is 23.7 Å². The van der Waals surface area contributed by atoms with Crippen LogP contribution in [0.5, 0.6) is 5.75 Å². The lowest BCUT2D eigenvalue weighted by molar-refractivity contribution is -0.138. The molecule has 1 rings (SSSR count). The van der Waals surface area contributed by atoms with E-state index >= 15 is 0 Å². The Morgan fingerprint density at radius 1 is 1.53 bits per heavy atom. The van der Waals surface area contributed by atoms with Gasteiger partial charge >= 0.3 is 5.97 Å². The van der Waals surface area contributed by atoms with E-state index < -0.39 is 18.1 Å². The van der Waals surface area contributed by atoms with Gasteiger partial charge in [0.05, 0.1) is 19.6 Å². The van der Waals surface area contributed by atoms with Gasteiger partial charge in [-0.15, -0.1) is 0 Å². The Morgan fingerprint density at radius 2 is 2.18 bits per heavy atom. The molecule has 0 fully saturated rings. The van der Waals surface area contributed by atoms with Crippen LogP contribution < -0.4 is 10.5 Å². The zero-order valence-electron chi connectivity index (χ0n) is 9.88. The predicted molar refractivity (Wildman–Crippen MR) is 62.9 cm³/mol. The quantitative estimate of drug-likeness (QED) is 0.708. The number of aryl methyl sites for hydroxylation is 1. The molecule has 0 heterocycles. The van der Waals surface area contributed by atoms with Gasteiger partial charge in [0, 0.05) is 6.04 Å². The first kappa shape index (κ1) is 13.5. The summed E-state index contributed by atoms with van der Waals surface area (Å²) in [5.74, 6) is -0.311. The molecule has 0 bridgehead atoms. The van der Waals surface area contributed by atoms with E-state index in [4.69, 9.17) is 15.6 Å². The summed E-state index contributed by atoms with van der Waals surface area (Å²) < 4.78 is 5.10. The molecule has 0 aromatic heterocycles. The van der Waals surface area contributed by atoms with Gasteiger partial charge in [-0.25, -0.2) is 0 Å². The molecule has 0 aliphatic rings. The van der Waals surface area contributed by atoms with Crippen molar-refractivity contribution in [1.82, 2.24) is 0 Å². The molecule has 1 aromatic rings. The summed E-state index contributed by atoms with van der Waals surface area (Å²) in [5.41, 5.74) is 7.07. The lowest BCUT2D eigenvalue weighted by Crippen LogP contribution is -2.31. The van der Waals surface area contributed by atoms with Crippen LogP contribution in [0.25, 0.3) is 0 Å². The molecule has 1 aromatic carbocycles. The molecule has 0 spiro atoms. The van der Waals surface area contributed by atoms with E-state index in [1.54, 1.807) is 25.3 Å². The predicted octanol–water partition coefficient (Wildman–Crippen LogP) is 0.839. The third-order valence-corrected chi connectivity index (χ3v) is 2.58. The Bertz CT molecular complexity index is 405. The van der Waals surface area contributed by atoms with E-state index in [-0.39, 0.29) is 6.42 Å². The average Bonchev–Trinajstić information content (AvgIpc) is 2.27. The number of aliphatic hydroxyl groups excluding tert-OH is 1. The molecule has 0 saturated heterocycles. The van der Waals surface area contributed by atoms with Gasteiger partial charge in [0.2, 0.25) is 0 Å². The molecule has 0 aliphatic heterocycles. The molecule has 2 atom stereocenters. The van der Waals surface area contributed by atoms with E-state index in [1.807, 2.05) is 6.92 Å². The average molecular weight is 239 g/mol. The van der Waals surface area contributed by atoms with Gasteiger partial charge in [0.1, 0.15) is 5.75 Å². The molecular formula is C12H17NO4. The van der Waals surface area contributed by atoms with E-state index in [2.05, 4.69) is 0 Å². The second kappa shape index (κ2) is 5.65. The van der Waals surface area contributed by atoms with Crippen molar-refractivity contribution in [2.75, 3.05) is 7.11 Å². The maximum absolute atomic E-state index is 10.5. The second-order valence-electron chi connectivity index (χ2n) is 3.94. The zero-order valence-corrected chi connectivity index (χ0v) is 9.88. The summed E-state index contributed by atoms with van der Waals surface area (Å²) in [5, 5.41) is 18.5. The molecule has 5 heteroatoms. The Hall–Kier alpha value is -1.59. The number of hydrogen-bond acceptors (Lipinski definition) is 4. The molecule has 4 N–H and O–H groups in total. The summed E-state index contributed by atoms with van der Waals surface area (Å²) >= 11 is 0. The number of carboxylic acids is 1. The Labute approximate surface area is 99.8 Å². The van der Waals surface area contributed by atoms with Crippen LogP contribution in [0.4, 0.5) is 0 Å². The topological polar surface area (TPSA) is 92.8 Å². The van der Waals surface area contributed by atoms with Crippen molar-refractivity contribution in [3.63, 3.8) is 0 Å². The minimum absolute atomic E-state index is 0.272. The van der Waals surface area contributed by atoms with Crippen LogP contribution in [-0.2, 0) is 4.79 Å². The fourth-order valence-corrected chi connectivity index (χ4v) is 1.65. The van der Waals surface area contributed by atoms with Crippen LogP contribution in [-0.4, -0.2) is 29.3 Å². The minimum atomic E-state index is -1.03. The zero-order chi connectivity index (χ0) is 13.0. The van der Waals surface area contributed by atoms with Gasteiger partial charge in [-0.3, -0.25) is 4.79 Å². The smallest absolute Gasteiger partial charge is 0.305 e. The van der Waals surface area contributed by atoms with Crippen molar-refractivity contribution in [3.8, 4) is 5.75 Å². The molecule has 2 unspecified atom stereocenters. The van der Waals surface area contributed by atoms with Gasteiger partial charge in [-0.2, -0.15) is 0 Å². The molecule has 0 radical (unpaired) electrons. The standard InChI is InChI=1S/C12H17NO4/c1-7-5-8(3-4-10(7)17-2)12(16)9(13)6-11(14)15/h3-5,9,12,16H,6,13H2,1-2H3,(H,14,15). The highest BCUT2D eigenvalue weighted by Gasteiger charge is 2.20. The highest BCUT2D eigenvalue weighted by atomic mass is 16.5. The number of ether oxygens (including phenoxy) is 1. The number of methoxy groups -OCH3 is 1.